The highest BCUT2D eigenvalue weighted by atomic mass is 16.5. The number of esters is 1. The number of nitrogens with zero attached hydrogens (tertiary/aromatic N) is 2. The van der Waals surface area contributed by atoms with Gasteiger partial charge in [0.05, 0.1) is 31.3 Å². The van der Waals surface area contributed by atoms with E-state index in [9.17, 15) is 14.4 Å². The van der Waals surface area contributed by atoms with Crippen molar-refractivity contribution >= 4 is 29.8 Å². The van der Waals surface area contributed by atoms with Crippen LogP contribution in [-0.2, 0) is 14.3 Å². The first kappa shape index (κ1) is 22.5. The van der Waals surface area contributed by atoms with Crippen molar-refractivity contribution in [3.05, 3.63) is 59.9 Å². The lowest BCUT2D eigenvalue weighted by atomic mass is 10.1. The summed E-state index contributed by atoms with van der Waals surface area (Å²) in [5, 5.41) is 5.27. The summed E-state index contributed by atoms with van der Waals surface area (Å²) in [7, 11) is 0. The lowest BCUT2D eigenvalue weighted by Crippen LogP contribution is -2.39. The van der Waals surface area contributed by atoms with Crippen LogP contribution in [0, 0.1) is 0 Å². The van der Waals surface area contributed by atoms with E-state index in [0.29, 0.717) is 16.8 Å². The average molecular weight is 412 g/mol. The van der Waals surface area contributed by atoms with Crippen LogP contribution in [0.3, 0.4) is 0 Å². The van der Waals surface area contributed by atoms with Crippen molar-refractivity contribution in [3.63, 3.8) is 0 Å². The van der Waals surface area contributed by atoms with Gasteiger partial charge in [-0.15, -0.1) is 0 Å². The second-order valence-electron chi connectivity index (χ2n) is 6.07. The van der Waals surface area contributed by atoms with E-state index in [4.69, 9.17) is 10.6 Å². The van der Waals surface area contributed by atoms with Gasteiger partial charge >= 0.3 is 5.97 Å². The van der Waals surface area contributed by atoms with Crippen molar-refractivity contribution in [2.45, 2.75) is 19.4 Å². The molecular weight excluding hydrogens is 388 g/mol. The number of hydrazine groups is 1. The number of amides is 2. The second-order valence-corrected chi connectivity index (χ2v) is 6.07. The molecule has 1 heterocycles. The molecule has 0 saturated carbocycles. The molecule has 0 aliphatic heterocycles. The Morgan fingerprint density at radius 2 is 2.10 bits per heavy atom. The molecule has 1 unspecified atom stereocenters. The van der Waals surface area contributed by atoms with E-state index in [1.54, 1.807) is 55.7 Å². The van der Waals surface area contributed by atoms with Gasteiger partial charge in [-0.1, -0.05) is 12.1 Å². The zero-order valence-corrected chi connectivity index (χ0v) is 16.5. The minimum atomic E-state index is -0.622. The first-order valence-electron chi connectivity index (χ1n) is 9.25. The van der Waals surface area contributed by atoms with Crippen LogP contribution in [0.2, 0.25) is 0 Å². The van der Waals surface area contributed by atoms with E-state index in [1.807, 2.05) is 0 Å². The van der Waals surface area contributed by atoms with Gasteiger partial charge in [0.2, 0.25) is 5.91 Å². The maximum Gasteiger partial charge on any atom is 0.308 e. The Kier molecular flexibility index (Phi) is 8.94. The van der Waals surface area contributed by atoms with E-state index in [0.717, 1.165) is 0 Å². The van der Waals surface area contributed by atoms with Crippen molar-refractivity contribution in [2.24, 2.45) is 10.8 Å². The van der Waals surface area contributed by atoms with Gasteiger partial charge < -0.3 is 20.8 Å². The lowest BCUT2D eigenvalue weighted by Gasteiger charge is -2.18. The number of benzene rings is 1. The summed E-state index contributed by atoms with van der Waals surface area (Å²) in [6, 6.07) is 9.35. The largest absolute Gasteiger partial charge is 0.466 e. The van der Waals surface area contributed by atoms with Gasteiger partial charge in [0.25, 0.3) is 5.91 Å². The van der Waals surface area contributed by atoms with Crippen LogP contribution in [0.1, 0.15) is 35.3 Å². The Hall–Kier alpha value is -3.79. The van der Waals surface area contributed by atoms with Crippen LogP contribution in [0.15, 0.2) is 53.8 Å². The number of rotatable bonds is 10. The molecule has 0 spiro atoms. The van der Waals surface area contributed by atoms with Crippen molar-refractivity contribution in [1.82, 2.24) is 21.0 Å². The smallest absolute Gasteiger partial charge is 0.308 e. The predicted octanol–water partition coefficient (Wildman–Crippen LogP) is 0.745. The molecule has 0 fully saturated rings. The highest BCUT2D eigenvalue weighted by Gasteiger charge is 2.20. The fourth-order valence-corrected chi connectivity index (χ4v) is 2.57. The highest BCUT2D eigenvalue weighted by molar-refractivity contribution is 5.97. The van der Waals surface area contributed by atoms with Crippen molar-refractivity contribution < 1.29 is 19.1 Å². The molecule has 1 aromatic carbocycles. The summed E-state index contributed by atoms with van der Waals surface area (Å²) in [5.41, 5.74) is 3.79. The molecule has 2 rings (SSSR count). The van der Waals surface area contributed by atoms with Crippen LogP contribution >= 0.6 is 0 Å². The van der Waals surface area contributed by atoms with Crippen LogP contribution in [0.4, 0.5) is 5.69 Å². The number of carbonyl (C=O) groups is 3. The van der Waals surface area contributed by atoms with Crippen LogP contribution in [0.25, 0.3) is 0 Å². The standard InChI is InChI=1S/C20H24N6O4/c1-2-30-19(28)10-17(15-6-4-8-22-11-15)26-18(27)12-23-20(29)14-5-3-7-16(9-14)24-13-25-21/h3-9,11,13,17H,2,10,12,21H2,1H3,(H,23,29)(H,24,25)(H,26,27). The molecule has 5 N–H and O–H groups in total. The molecule has 10 heteroatoms. The number of aromatic nitrogens is 1. The number of hydrogen-bond acceptors (Lipinski definition) is 7. The molecular formula is C20H24N6O4. The van der Waals surface area contributed by atoms with Crippen molar-refractivity contribution in [2.75, 3.05) is 13.2 Å². The zero-order valence-electron chi connectivity index (χ0n) is 16.5. The van der Waals surface area contributed by atoms with Crippen molar-refractivity contribution in [3.8, 4) is 0 Å². The fraction of sp³-hybridized carbons (Fsp3) is 0.250. The number of hydrogen-bond donors (Lipinski definition) is 4. The van der Waals surface area contributed by atoms with Gasteiger partial charge in [0, 0.05) is 18.0 Å². The Labute approximate surface area is 173 Å². The summed E-state index contributed by atoms with van der Waals surface area (Å²) < 4.78 is 4.97. The van der Waals surface area contributed by atoms with E-state index in [2.05, 4.69) is 26.0 Å². The van der Waals surface area contributed by atoms with Crippen LogP contribution < -0.4 is 21.9 Å². The minimum absolute atomic E-state index is 0.0472. The summed E-state index contributed by atoms with van der Waals surface area (Å²) in [4.78, 5) is 44.6. The molecule has 30 heavy (non-hydrogen) atoms. The Balaban J connectivity index is 1.97. The topological polar surface area (TPSA) is 148 Å². The monoisotopic (exact) mass is 412 g/mol. The van der Waals surface area contributed by atoms with Crippen LogP contribution in [-0.4, -0.2) is 42.3 Å². The molecule has 0 aliphatic carbocycles. The second kappa shape index (κ2) is 11.9. The maximum atomic E-state index is 12.4. The van der Waals surface area contributed by atoms with E-state index < -0.39 is 23.8 Å². The summed E-state index contributed by atoms with van der Waals surface area (Å²) in [6.45, 7) is 1.68. The highest BCUT2D eigenvalue weighted by Crippen LogP contribution is 2.16. The first-order chi connectivity index (χ1) is 14.5. The van der Waals surface area contributed by atoms with E-state index in [1.165, 1.54) is 6.34 Å². The molecule has 0 radical (unpaired) electrons. The molecule has 0 aliphatic rings. The Morgan fingerprint density at radius 3 is 2.80 bits per heavy atom. The summed E-state index contributed by atoms with van der Waals surface area (Å²) >= 11 is 0. The quantitative estimate of drug-likeness (QED) is 0.148. The molecule has 1 atom stereocenters. The third kappa shape index (κ3) is 7.32. The van der Waals surface area contributed by atoms with Gasteiger partial charge in [-0.3, -0.25) is 19.4 Å². The molecule has 1 aromatic heterocycles. The third-order valence-electron chi connectivity index (χ3n) is 3.90. The normalized spacial score (nSPS) is 11.5. The van der Waals surface area contributed by atoms with E-state index in [-0.39, 0.29) is 19.6 Å². The number of nitrogens with two attached hydrogens (primary N) is 1. The molecule has 10 nitrogen and oxygen atoms in total. The Bertz CT molecular complexity index is 888. The van der Waals surface area contributed by atoms with Gasteiger partial charge in [0.1, 0.15) is 6.34 Å². The Morgan fingerprint density at radius 1 is 1.27 bits per heavy atom. The number of aliphatic imine (C=N–C) groups is 1. The van der Waals surface area contributed by atoms with Gasteiger partial charge in [-0.2, -0.15) is 0 Å². The SMILES string of the molecule is CCOC(=O)CC(NC(=O)CNC(=O)c1cccc(N=CNN)c1)c1cccnc1. The zero-order chi connectivity index (χ0) is 21.8. The summed E-state index contributed by atoms with van der Waals surface area (Å²) in [5.74, 6) is 3.79. The van der Waals surface area contributed by atoms with Gasteiger partial charge in [0.15, 0.2) is 0 Å². The van der Waals surface area contributed by atoms with E-state index >= 15 is 0 Å². The number of ether oxygens (including phenoxy) is 1. The van der Waals surface area contributed by atoms with Crippen molar-refractivity contribution in [1.29, 1.82) is 0 Å². The lowest BCUT2D eigenvalue weighted by molar-refractivity contribution is -0.143. The van der Waals surface area contributed by atoms with Gasteiger partial charge in [-0.25, -0.2) is 10.8 Å². The fourth-order valence-electron chi connectivity index (χ4n) is 2.57. The molecule has 2 amide bonds. The molecule has 2 aromatic rings. The molecule has 158 valence electrons. The predicted molar refractivity (Wildman–Crippen MR) is 111 cm³/mol. The molecule has 0 saturated heterocycles. The molecule has 0 bridgehead atoms. The third-order valence-corrected chi connectivity index (χ3v) is 3.90. The number of nitrogens with one attached hydrogen (secondary N) is 3. The number of pyridine rings is 1. The van der Waals surface area contributed by atoms with Crippen LogP contribution in [0.5, 0.6) is 0 Å². The first-order valence-corrected chi connectivity index (χ1v) is 9.25. The van der Waals surface area contributed by atoms with Gasteiger partial charge in [-0.05, 0) is 36.8 Å². The number of carbonyl (C=O) groups excluding carboxylic acids is 3. The summed E-state index contributed by atoms with van der Waals surface area (Å²) in [6.07, 6.45) is 4.39. The maximum absolute atomic E-state index is 12.4. The average Bonchev–Trinajstić information content (AvgIpc) is 2.76. The minimum Gasteiger partial charge on any atom is -0.466 e.